The Kier molecular flexibility index (Phi) is 4.68. The highest BCUT2D eigenvalue weighted by molar-refractivity contribution is 7.89. The van der Waals surface area contributed by atoms with Crippen LogP contribution >= 0.6 is 0 Å². The Hall–Kier alpha value is -2.12. The Morgan fingerprint density at radius 3 is 2.27 bits per heavy atom. The number of hydrogen-bond donors (Lipinski definition) is 2. The quantitative estimate of drug-likeness (QED) is 0.883. The molecule has 2 rings (SSSR count). The maximum atomic E-state index is 12.1. The highest BCUT2D eigenvalue weighted by atomic mass is 32.2. The molecule has 2 N–H and O–H groups in total. The third-order valence-corrected chi connectivity index (χ3v) is 4.66. The molecule has 0 aliphatic rings. The zero-order valence-electron chi connectivity index (χ0n) is 12.7. The van der Waals surface area contributed by atoms with Crippen LogP contribution in [0, 0.1) is 0 Å². The van der Waals surface area contributed by atoms with Gasteiger partial charge in [0.25, 0.3) is 5.91 Å². The molecule has 0 unspecified atom stereocenters. The third-order valence-electron chi connectivity index (χ3n) is 2.99. The molecule has 0 fully saturated rings. The molecular formula is C15H19N3O3S. The van der Waals surface area contributed by atoms with Crippen LogP contribution in [0.25, 0.3) is 0 Å². The average Bonchev–Trinajstić information content (AvgIpc) is 2.84. The van der Waals surface area contributed by atoms with Gasteiger partial charge in [-0.3, -0.25) is 4.79 Å². The number of aromatic nitrogens is 1. The van der Waals surface area contributed by atoms with Gasteiger partial charge in [-0.25, -0.2) is 13.1 Å². The van der Waals surface area contributed by atoms with Gasteiger partial charge in [-0.15, -0.1) is 0 Å². The second-order valence-electron chi connectivity index (χ2n) is 5.26. The highest BCUT2D eigenvalue weighted by Crippen LogP contribution is 2.15. The van der Waals surface area contributed by atoms with E-state index in [0.717, 1.165) is 0 Å². The summed E-state index contributed by atoms with van der Waals surface area (Å²) in [5.41, 5.74) is 1.06. The fourth-order valence-electron chi connectivity index (χ4n) is 1.99. The molecule has 1 heterocycles. The summed E-state index contributed by atoms with van der Waals surface area (Å²) in [6, 6.07) is 9.37. The van der Waals surface area contributed by atoms with Crippen LogP contribution in [0.3, 0.4) is 0 Å². The van der Waals surface area contributed by atoms with E-state index in [9.17, 15) is 13.2 Å². The van der Waals surface area contributed by atoms with Crippen molar-refractivity contribution in [2.75, 3.05) is 5.32 Å². The van der Waals surface area contributed by atoms with Crippen LogP contribution in [0.1, 0.15) is 24.3 Å². The number of benzene rings is 1. The number of amides is 1. The monoisotopic (exact) mass is 321 g/mol. The molecular weight excluding hydrogens is 302 g/mol. The van der Waals surface area contributed by atoms with E-state index >= 15 is 0 Å². The Morgan fingerprint density at radius 1 is 1.14 bits per heavy atom. The topological polar surface area (TPSA) is 80.2 Å². The summed E-state index contributed by atoms with van der Waals surface area (Å²) in [5.74, 6) is -0.247. The van der Waals surface area contributed by atoms with Crippen LogP contribution in [0.2, 0.25) is 0 Å². The van der Waals surface area contributed by atoms with Crippen LogP contribution < -0.4 is 10.0 Å². The van der Waals surface area contributed by atoms with Gasteiger partial charge in [0.05, 0.1) is 4.90 Å². The Balaban J connectivity index is 2.13. The van der Waals surface area contributed by atoms with Crippen molar-refractivity contribution < 1.29 is 13.2 Å². The van der Waals surface area contributed by atoms with Crippen LogP contribution in [-0.2, 0) is 17.1 Å². The largest absolute Gasteiger partial charge is 0.347 e. The molecule has 0 aliphatic carbocycles. The van der Waals surface area contributed by atoms with Crippen molar-refractivity contribution in [3.05, 3.63) is 48.3 Å². The predicted molar refractivity (Wildman–Crippen MR) is 85.3 cm³/mol. The normalized spacial score (nSPS) is 11.6. The van der Waals surface area contributed by atoms with Crippen LogP contribution in [0.15, 0.2) is 47.5 Å². The van der Waals surface area contributed by atoms with E-state index in [2.05, 4.69) is 10.0 Å². The number of hydrogen-bond acceptors (Lipinski definition) is 3. The molecule has 0 atom stereocenters. The standard InChI is InChI=1S/C15H19N3O3S/c1-11(2)17-22(20,21)13-8-6-12(7-9-13)16-15(19)14-5-4-10-18(14)3/h4-11,17H,1-3H3,(H,16,19). The summed E-state index contributed by atoms with van der Waals surface area (Å²) >= 11 is 0. The lowest BCUT2D eigenvalue weighted by atomic mass is 10.3. The fraction of sp³-hybridized carbons (Fsp3) is 0.267. The molecule has 0 saturated carbocycles. The van der Waals surface area contributed by atoms with Crippen molar-refractivity contribution in [1.29, 1.82) is 0 Å². The Morgan fingerprint density at radius 2 is 1.77 bits per heavy atom. The number of nitrogens with zero attached hydrogens (tertiary/aromatic N) is 1. The van der Waals surface area contributed by atoms with Crippen molar-refractivity contribution >= 4 is 21.6 Å². The first kappa shape index (κ1) is 16.3. The molecule has 7 heteroatoms. The van der Waals surface area contributed by atoms with Gasteiger partial charge in [0.15, 0.2) is 0 Å². The van der Waals surface area contributed by atoms with Gasteiger partial charge in [-0.05, 0) is 50.2 Å². The smallest absolute Gasteiger partial charge is 0.272 e. The first-order valence-electron chi connectivity index (χ1n) is 6.84. The molecule has 1 amide bonds. The van der Waals surface area contributed by atoms with Crippen LogP contribution in [-0.4, -0.2) is 24.9 Å². The first-order chi connectivity index (χ1) is 10.3. The zero-order valence-corrected chi connectivity index (χ0v) is 13.5. The van der Waals surface area contributed by atoms with Crippen molar-refractivity contribution in [3.63, 3.8) is 0 Å². The van der Waals surface area contributed by atoms with Gasteiger partial charge >= 0.3 is 0 Å². The Labute approximate surface area is 130 Å². The van der Waals surface area contributed by atoms with E-state index in [4.69, 9.17) is 0 Å². The number of carbonyl (C=O) groups is 1. The average molecular weight is 321 g/mol. The minimum atomic E-state index is -3.52. The number of anilines is 1. The SMILES string of the molecule is CC(C)NS(=O)(=O)c1ccc(NC(=O)c2cccn2C)cc1. The molecule has 1 aromatic carbocycles. The summed E-state index contributed by atoms with van der Waals surface area (Å²) < 4.78 is 28.2. The maximum Gasteiger partial charge on any atom is 0.272 e. The lowest BCUT2D eigenvalue weighted by Gasteiger charge is -2.10. The molecule has 22 heavy (non-hydrogen) atoms. The van der Waals surface area contributed by atoms with Crippen molar-refractivity contribution in [1.82, 2.24) is 9.29 Å². The number of aryl methyl sites for hydroxylation is 1. The Bertz CT molecular complexity index is 762. The number of sulfonamides is 1. The van der Waals surface area contributed by atoms with Gasteiger partial charge in [-0.1, -0.05) is 0 Å². The first-order valence-corrected chi connectivity index (χ1v) is 8.33. The number of carbonyl (C=O) groups excluding carboxylic acids is 1. The van der Waals surface area contributed by atoms with Gasteiger partial charge in [0.2, 0.25) is 10.0 Å². The molecule has 0 bridgehead atoms. The van der Waals surface area contributed by atoms with E-state index in [1.165, 1.54) is 12.1 Å². The molecule has 6 nitrogen and oxygen atoms in total. The predicted octanol–water partition coefficient (Wildman–Crippen LogP) is 1.96. The molecule has 0 radical (unpaired) electrons. The zero-order chi connectivity index (χ0) is 16.3. The third kappa shape index (κ3) is 3.75. The second-order valence-corrected chi connectivity index (χ2v) is 6.97. The summed E-state index contributed by atoms with van der Waals surface area (Å²) in [7, 11) is -1.74. The highest BCUT2D eigenvalue weighted by Gasteiger charge is 2.15. The summed E-state index contributed by atoms with van der Waals surface area (Å²) in [5, 5.41) is 2.73. The van der Waals surface area contributed by atoms with Crippen molar-refractivity contribution in [3.8, 4) is 0 Å². The van der Waals surface area contributed by atoms with Crippen molar-refractivity contribution in [2.45, 2.75) is 24.8 Å². The van der Waals surface area contributed by atoms with Crippen molar-refractivity contribution in [2.24, 2.45) is 7.05 Å². The van der Waals surface area contributed by atoms with E-state index in [-0.39, 0.29) is 16.8 Å². The number of rotatable bonds is 5. The maximum absolute atomic E-state index is 12.1. The molecule has 118 valence electrons. The molecule has 2 aromatic rings. The lowest BCUT2D eigenvalue weighted by molar-refractivity contribution is 0.101. The number of nitrogens with one attached hydrogen (secondary N) is 2. The second kappa shape index (κ2) is 6.33. The minimum Gasteiger partial charge on any atom is -0.347 e. The molecule has 0 aliphatic heterocycles. The summed E-state index contributed by atoms with van der Waals surface area (Å²) in [6.07, 6.45) is 1.78. The van der Waals surface area contributed by atoms with E-state index in [1.807, 2.05) is 0 Å². The minimum absolute atomic E-state index is 0.165. The van der Waals surface area contributed by atoms with Gasteiger partial charge < -0.3 is 9.88 Å². The molecule has 0 spiro atoms. The van der Waals surface area contributed by atoms with Gasteiger partial charge in [-0.2, -0.15) is 0 Å². The summed E-state index contributed by atoms with van der Waals surface area (Å²) in [6.45, 7) is 3.51. The lowest BCUT2D eigenvalue weighted by Crippen LogP contribution is -2.30. The van der Waals surface area contributed by atoms with Crippen LogP contribution in [0.5, 0.6) is 0 Å². The van der Waals surface area contributed by atoms with Gasteiger partial charge in [0.1, 0.15) is 5.69 Å². The van der Waals surface area contributed by atoms with E-state index in [1.54, 1.807) is 55.9 Å². The summed E-state index contributed by atoms with van der Waals surface area (Å²) in [4.78, 5) is 12.2. The molecule has 1 aromatic heterocycles. The van der Waals surface area contributed by atoms with E-state index < -0.39 is 10.0 Å². The molecule has 0 saturated heterocycles. The van der Waals surface area contributed by atoms with E-state index in [0.29, 0.717) is 11.4 Å². The van der Waals surface area contributed by atoms with Gasteiger partial charge in [0, 0.05) is 25.0 Å². The fourth-order valence-corrected chi connectivity index (χ4v) is 3.24. The van der Waals surface area contributed by atoms with Crippen LogP contribution in [0.4, 0.5) is 5.69 Å².